The molecule has 0 N–H and O–H groups in total. The van der Waals surface area contributed by atoms with Crippen molar-refractivity contribution in [2.75, 3.05) is 0 Å². The number of halogens is 1. The van der Waals surface area contributed by atoms with Crippen molar-refractivity contribution in [1.82, 2.24) is 20.2 Å². The van der Waals surface area contributed by atoms with Crippen LogP contribution < -0.4 is 0 Å². The Balaban J connectivity index is 1.60. The van der Waals surface area contributed by atoms with E-state index in [2.05, 4.69) is 44.1 Å². The number of rotatable bonds is 4. The molecule has 126 valence electrons. The molecule has 1 aromatic heterocycles. The van der Waals surface area contributed by atoms with Crippen LogP contribution in [0, 0.1) is 3.57 Å². The van der Waals surface area contributed by atoms with Gasteiger partial charge >= 0.3 is 0 Å². The van der Waals surface area contributed by atoms with E-state index in [0.717, 1.165) is 27.5 Å². The van der Waals surface area contributed by atoms with Gasteiger partial charge in [0.25, 0.3) is 0 Å². The van der Waals surface area contributed by atoms with Crippen LogP contribution in [-0.4, -0.2) is 26.0 Å². The third kappa shape index (κ3) is 3.10. The van der Waals surface area contributed by atoms with E-state index in [1.165, 1.54) is 22.3 Å². The van der Waals surface area contributed by atoms with E-state index < -0.39 is 6.04 Å². The topological polar surface area (TPSA) is 60.7 Å². The number of fused-ring (bicyclic) bond motifs is 1. The summed E-state index contributed by atoms with van der Waals surface area (Å²) in [6.45, 7) is 1.82. The fraction of sp³-hybridized carbons (Fsp3) is 0.263. The second-order valence-electron chi connectivity index (χ2n) is 6.29. The zero-order chi connectivity index (χ0) is 17.4. The second kappa shape index (κ2) is 6.67. The molecule has 1 heterocycles. The minimum atomic E-state index is -0.484. The highest BCUT2D eigenvalue weighted by Gasteiger charge is 2.22. The van der Waals surface area contributed by atoms with Crippen molar-refractivity contribution in [3.05, 3.63) is 62.7 Å². The minimum absolute atomic E-state index is 0.0152. The number of carbonyl (C=O) groups excluding carboxylic acids is 1. The molecular weight excluding hydrogens is 427 g/mol. The molecule has 4 rings (SSSR count). The van der Waals surface area contributed by atoms with Crippen molar-refractivity contribution >= 4 is 28.4 Å². The van der Waals surface area contributed by atoms with Crippen LogP contribution in [0.5, 0.6) is 0 Å². The summed E-state index contributed by atoms with van der Waals surface area (Å²) in [5, 5.41) is 12.7. The first-order chi connectivity index (χ1) is 12.1. The summed E-state index contributed by atoms with van der Waals surface area (Å²) < 4.78 is 1.05. The van der Waals surface area contributed by atoms with Crippen LogP contribution in [0.4, 0.5) is 0 Å². The summed E-state index contributed by atoms with van der Waals surface area (Å²) in [4.78, 5) is 14.2. The van der Waals surface area contributed by atoms with E-state index in [1.54, 1.807) is 0 Å². The van der Waals surface area contributed by atoms with E-state index in [4.69, 9.17) is 0 Å². The van der Waals surface area contributed by atoms with Gasteiger partial charge in [0.05, 0.1) is 0 Å². The highest BCUT2D eigenvalue weighted by Crippen LogP contribution is 2.25. The Morgan fingerprint density at radius 1 is 1.16 bits per heavy atom. The van der Waals surface area contributed by atoms with Gasteiger partial charge in [-0.05, 0) is 83.3 Å². The number of Topliss-reactive ketones (excluding diaryl/α,β-unsaturated/α-hetero) is 1. The molecule has 0 spiro atoms. The highest BCUT2D eigenvalue weighted by molar-refractivity contribution is 14.1. The van der Waals surface area contributed by atoms with Gasteiger partial charge in [0.1, 0.15) is 6.04 Å². The maximum Gasteiger partial charge on any atom is 0.206 e. The SMILES string of the molecule is C[C@H](C(=O)c1ccc2c(c1)CCC2)n1nnc(-c2ccccc2I)n1. The van der Waals surface area contributed by atoms with Gasteiger partial charge in [-0.1, -0.05) is 24.3 Å². The van der Waals surface area contributed by atoms with Gasteiger partial charge in [0.2, 0.25) is 5.82 Å². The van der Waals surface area contributed by atoms with Gasteiger partial charge < -0.3 is 0 Å². The normalized spacial score (nSPS) is 14.3. The number of hydrogen-bond acceptors (Lipinski definition) is 4. The Morgan fingerprint density at radius 2 is 1.96 bits per heavy atom. The van der Waals surface area contributed by atoms with Crippen LogP contribution in [0.15, 0.2) is 42.5 Å². The number of carbonyl (C=O) groups is 1. The van der Waals surface area contributed by atoms with Crippen LogP contribution in [-0.2, 0) is 12.8 Å². The summed E-state index contributed by atoms with van der Waals surface area (Å²) in [5.41, 5.74) is 4.31. The largest absolute Gasteiger partial charge is 0.292 e. The minimum Gasteiger partial charge on any atom is -0.292 e. The predicted molar refractivity (Wildman–Crippen MR) is 103 cm³/mol. The van der Waals surface area contributed by atoms with E-state index in [9.17, 15) is 4.79 Å². The van der Waals surface area contributed by atoms with E-state index >= 15 is 0 Å². The standard InChI is InChI=1S/C19H17IN4O/c1-12(18(25)15-10-9-13-5-4-6-14(13)11-15)24-22-19(21-23-24)16-7-2-3-8-17(16)20/h2-3,7-12H,4-6H2,1H3/t12-/m1/s1. The monoisotopic (exact) mass is 444 g/mol. The summed E-state index contributed by atoms with van der Waals surface area (Å²) in [5.74, 6) is 0.556. The number of hydrogen-bond donors (Lipinski definition) is 0. The Hall–Kier alpha value is -2.09. The molecule has 1 aliphatic carbocycles. The van der Waals surface area contributed by atoms with Crippen molar-refractivity contribution in [2.24, 2.45) is 0 Å². The molecule has 2 aromatic carbocycles. The number of ketones is 1. The van der Waals surface area contributed by atoms with Gasteiger partial charge in [-0.15, -0.1) is 10.2 Å². The Labute approximate surface area is 159 Å². The maximum absolute atomic E-state index is 12.8. The molecule has 0 bridgehead atoms. The molecule has 0 saturated carbocycles. The lowest BCUT2D eigenvalue weighted by molar-refractivity contribution is 0.0918. The van der Waals surface area contributed by atoms with Crippen molar-refractivity contribution in [3.63, 3.8) is 0 Å². The zero-order valence-corrected chi connectivity index (χ0v) is 16.0. The molecule has 3 aromatic rings. The predicted octanol–water partition coefficient (Wildman–Crippen LogP) is 3.88. The number of benzene rings is 2. The van der Waals surface area contributed by atoms with Crippen LogP contribution >= 0.6 is 22.6 Å². The van der Waals surface area contributed by atoms with Gasteiger partial charge in [-0.3, -0.25) is 4.79 Å². The molecule has 5 nitrogen and oxygen atoms in total. The van der Waals surface area contributed by atoms with Gasteiger partial charge in [-0.2, -0.15) is 4.80 Å². The van der Waals surface area contributed by atoms with Gasteiger partial charge in [0, 0.05) is 14.7 Å². The molecule has 0 radical (unpaired) electrons. The fourth-order valence-electron chi connectivity index (χ4n) is 3.21. The molecule has 25 heavy (non-hydrogen) atoms. The molecule has 0 saturated heterocycles. The first-order valence-corrected chi connectivity index (χ1v) is 9.42. The Morgan fingerprint density at radius 3 is 2.80 bits per heavy atom. The van der Waals surface area contributed by atoms with Crippen LogP contribution in [0.2, 0.25) is 0 Å². The summed E-state index contributed by atoms with van der Waals surface area (Å²) in [7, 11) is 0. The molecule has 0 unspecified atom stereocenters. The summed E-state index contributed by atoms with van der Waals surface area (Å²) in [6, 6.07) is 13.4. The smallest absolute Gasteiger partial charge is 0.206 e. The molecular formula is C19H17IN4O. The van der Waals surface area contributed by atoms with E-state index in [1.807, 2.05) is 43.3 Å². The molecule has 0 fully saturated rings. The number of tetrazole rings is 1. The molecule has 6 heteroatoms. The lowest BCUT2D eigenvalue weighted by atomic mass is 10.0. The van der Waals surface area contributed by atoms with Gasteiger partial charge in [-0.25, -0.2) is 0 Å². The molecule has 0 aliphatic heterocycles. The fourth-order valence-corrected chi connectivity index (χ4v) is 3.84. The van der Waals surface area contributed by atoms with Crippen LogP contribution in [0.1, 0.15) is 40.9 Å². The molecule has 0 amide bonds. The van der Waals surface area contributed by atoms with Crippen molar-refractivity contribution < 1.29 is 4.79 Å². The first kappa shape index (κ1) is 16.4. The number of aryl methyl sites for hydroxylation is 2. The summed E-state index contributed by atoms with van der Waals surface area (Å²) >= 11 is 2.25. The Kier molecular flexibility index (Phi) is 4.37. The lowest BCUT2D eigenvalue weighted by Crippen LogP contribution is -2.19. The number of aromatic nitrogens is 4. The summed E-state index contributed by atoms with van der Waals surface area (Å²) in [6.07, 6.45) is 3.35. The average Bonchev–Trinajstić information content (AvgIpc) is 3.29. The lowest BCUT2D eigenvalue weighted by Gasteiger charge is -2.10. The average molecular weight is 444 g/mol. The first-order valence-electron chi connectivity index (χ1n) is 8.34. The van der Waals surface area contributed by atoms with E-state index in [-0.39, 0.29) is 5.78 Å². The number of nitrogens with zero attached hydrogens (tertiary/aromatic N) is 4. The molecule has 1 atom stereocenters. The second-order valence-corrected chi connectivity index (χ2v) is 7.45. The highest BCUT2D eigenvalue weighted by atomic mass is 127. The van der Waals surface area contributed by atoms with Gasteiger partial charge in [0.15, 0.2) is 5.78 Å². The van der Waals surface area contributed by atoms with Crippen LogP contribution in [0.25, 0.3) is 11.4 Å². The third-order valence-electron chi connectivity index (χ3n) is 4.65. The van der Waals surface area contributed by atoms with Crippen molar-refractivity contribution in [1.29, 1.82) is 0 Å². The maximum atomic E-state index is 12.8. The third-order valence-corrected chi connectivity index (χ3v) is 5.59. The zero-order valence-electron chi connectivity index (χ0n) is 13.8. The quantitative estimate of drug-likeness (QED) is 0.453. The molecule has 1 aliphatic rings. The van der Waals surface area contributed by atoms with Crippen molar-refractivity contribution in [3.8, 4) is 11.4 Å². The van der Waals surface area contributed by atoms with E-state index in [0.29, 0.717) is 5.82 Å². The Bertz CT molecular complexity index is 950. The van der Waals surface area contributed by atoms with Crippen molar-refractivity contribution in [2.45, 2.75) is 32.2 Å². The van der Waals surface area contributed by atoms with Crippen LogP contribution in [0.3, 0.4) is 0 Å².